The summed E-state index contributed by atoms with van der Waals surface area (Å²) in [7, 11) is 0. The maximum Gasteiger partial charge on any atom is 3.00 e. The van der Waals surface area contributed by atoms with Crippen molar-refractivity contribution in [2.24, 2.45) is 0 Å². The maximum absolute atomic E-state index is 0. The quantitative estimate of drug-likeness (QED) is 0.441. The van der Waals surface area contributed by atoms with E-state index in [1.54, 1.807) is 0 Å². The predicted octanol–water partition coefficient (Wildman–Crippen LogP) is -0.742. The molecule has 0 fully saturated rings. The van der Waals surface area contributed by atoms with Gasteiger partial charge in [0.1, 0.15) is 0 Å². The number of hydrogen-bond donors (Lipinski definition) is 0. The predicted molar refractivity (Wildman–Crippen MR) is 7.81 cm³/mol. The van der Waals surface area contributed by atoms with E-state index in [0.717, 1.165) is 0 Å². The van der Waals surface area contributed by atoms with Gasteiger partial charge in [0.15, 0.2) is 0 Å². The molecule has 0 heterocycles. The van der Waals surface area contributed by atoms with E-state index >= 15 is 0 Å². The molecule has 0 bridgehead atoms. The van der Waals surface area contributed by atoms with Gasteiger partial charge in [0.2, 0.25) is 0 Å². The van der Waals surface area contributed by atoms with Crippen molar-refractivity contribution in [1.29, 1.82) is 0 Å². The summed E-state index contributed by atoms with van der Waals surface area (Å²) in [4.78, 5) is 0. The van der Waals surface area contributed by atoms with E-state index in [0.29, 0.717) is 0 Å². The molecule has 0 aliphatic carbocycles. The van der Waals surface area contributed by atoms with E-state index in [9.17, 15) is 0 Å². The van der Waals surface area contributed by atoms with Crippen LogP contribution in [-0.4, -0.2) is 17.4 Å². The molecule has 0 atom stereocenters. The van der Waals surface area contributed by atoms with Crippen LogP contribution in [0.25, 0.3) is 0 Å². The van der Waals surface area contributed by atoms with E-state index in [1.165, 1.54) is 0 Å². The second kappa shape index (κ2) is 90.0. The van der Waals surface area contributed by atoms with E-state index in [4.69, 9.17) is 0 Å². The molecule has 0 aromatic rings. The standard InChI is InChI=1S/Al.Cr.Mn.3O/q2*+3;+2;3*-2. The van der Waals surface area contributed by atoms with Crippen LogP contribution in [0, 0.1) is 0 Å². The van der Waals surface area contributed by atoms with Crippen LogP contribution < -0.4 is 0 Å². The molecule has 2 radical (unpaired) electrons. The summed E-state index contributed by atoms with van der Waals surface area (Å²) in [6, 6.07) is 0. The Bertz CT molecular complexity index is 10.8. The third-order valence-corrected chi connectivity index (χ3v) is 0. The van der Waals surface area contributed by atoms with Gasteiger partial charge in [-0.25, -0.2) is 0 Å². The molecule has 0 N–H and O–H groups in total. The topological polar surface area (TPSA) is 85.5 Å². The Labute approximate surface area is 68.2 Å². The van der Waals surface area contributed by atoms with Crippen LogP contribution in [0.3, 0.4) is 0 Å². The number of rotatable bonds is 0. The van der Waals surface area contributed by atoms with Gasteiger partial charge in [-0.15, -0.1) is 0 Å². The minimum Gasteiger partial charge on any atom is -2.00 e. The van der Waals surface area contributed by atoms with Crippen molar-refractivity contribution in [2.45, 2.75) is 0 Å². The Kier molecular flexibility index (Phi) is 2180. The molecule has 32 valence electrons. The Hall–Kier alpha value is 1.46. The van der Waals surface area contributed by atoms with Crippen LogP contribution in [0.1, 0.15) is 0 Å². The molecule has 0 rings (SSSR count). The molecular weight excluding hydrogens is 182 g/mol. The van der Waals surface area contributed by atoms with Gasteiger partial charge in [0, 0.05) is 0 Å². The van der Waals surface area contributed by atoms with E-state index < -0.39 is 0 Å². The average Bonchev–Trinajstić information content (AvgIpc) is 0. The first-order chi connectivity index (χ1) is 0. The Morgan fingerprint density at radius 3 is 0.667 bits per heavy atom. The van der Waals surface area contributed by atoms with Crippen molar-refractivity contribution in [3.05, 3.63) is 0 Å². The molecule has 0 aromatic carbocycles. The van der Waals surface area contributed by atoms with E-state index in [-0.39, 0.29) is 68.2 Å². The third kappa shape index (κ3) is 50.8. The largest absolute Gasteiger partial charge is 3.00 e. The molecule has 0 aliphatic heterocycles. The molecule has 0 amide bonds. The molecule has 0 unspecified atom stereocenters. The van der Waals surface area contributed by atoms with Gasteiger partial charge in [0.25, 0.3) is 0 Å². The zero-order valence-electron chi connectivity index (χ0n) is 2.59. The van der Waals surface area contributed by atoms with Crippen LogP contribution in [0.5, 0.6) is 0 Å². The van der Waals surface area contributed by atoms with Crippen LogP contribution in [0.4, 0.5) is 0 Å². The van der Waals surface area contributed by atoms with Gasteiger partial charge in [0.05, 0.1) is 0 Å². The van der Waals surface area contributed by atoms with Gasteiger partial charge >= 0.3 is 51.8 Å². The van der Waals surface area contributed by atoms with Crippen molar-refractivity contribution in [1.82, 2.24) is 0 Å². The van der Waals surface area contributed by atoms with Gasteiger partial charge in [-0.3, -0.25) is 0 Å². The first kappa shape index (κ1) is 145. The van der Waals surface area contributed by atoms with Crippen molar-refractivity contribution < 1.29 is 50.9 Å². The molecule has 0 aromatic heterocycles. The smallest absolute Gasteiger partial charge is 2.00 e. The summed E-state index contributed by atoms with van der Waals surface area (Å²) in [6.07, 6.45) is 0. The summed E-state index contributed by atoms with van der Waals surface area (Å²) in [6.45, 7) is 0. The summed E-state index contributed by atoms with van der Waals surface area (Å²) in [5, 5.41) is 0. The Balaban J connectivity index is 0. The van der Waals surface area contributed by atoms with E-state index in [2.05, 4.69) is 0 Å². The van der Waals surface area contributed by atoms with Gasteiger partial charge in [-0.2, -0.15) is 0 Å². The minimum atomic E-state index is 0. The first-order valence-corrected chi connectivity index (χ1v) is 0. The third-order valence-electron chi connectivity index (χ3n) is 0. The van der Waals surface area contributed by atoms with Crippen LogP contribution in [-0.2, 0) is 50.9 Å². The fourth-order valence-corrected chi connectivity index (χ4v) is 0. The molecule has 6 heavy (non-hydrogen) atoms. The Morgan fingerprint density at radius 2 is 0.667 bits per heavy atom. The average molecular weight is 182 g/mol. The molecule has 0 spiro atoms. The summed E-state index contributed by atoms with van der Waals surface area (Å²) >= 11 is 0. The SMILES string of the molecule is [Al+3].[Cr+3].[Mn+2].[O-2].[O-2].[O-2]. The summed E-state index contributed by atoms with van der Waals surface area (Å²) < 4.78 is 0. The zero-order valence-corrected chi connectivity index (χ0v) is 6.20. The monoisotopic (exact) mass is 182 g/mol. The van der Waals surface area contributed by atoms with Crippen molar-refractivity contribution in [3.63, 3.8) is 0 Å². The second-order valence-electron chi connectivity index (χ2n) is 0. The first-order valence-electron chi connectivity index (χ1n) is 0. The molecule has 3 nitrogen and oxygen atoms in total. The van der Waals surface area contributed by atoms with Crippen LogP contribution in [0.15, 0.2) is 0 Å². The fraction of sp³-hybridized carbons (Fsp3) is 0. The molecule has 0 aliphatic rings. The van der Waals surface area contributed by atoms with Gasteiger partial charge in [-0.05, 0) is 0 Å². The van der Waals surface area contributed by atoms with Crippen LogP contribution >= 0.6 is 0 Å². The summed E-state index contributed by atoms with van der Waals surface area (Å²) in [5.74, 6) is 0. The van der Waals surface area contributed by atoms with Crippen molar-refractivity contribution in [3.8, 4) is 0 Å². The number of hydrogen-bond acceptors (Lipinski definition) is 0. The molecule has 0 saturated heterocycles. The van der Waals surface area contributed by atoms with Gasteiger partial charge in [-0.1, -0.05) is 0 Å². The van der Waals surface area contributed by atoms with Crippen LogP contribution in [0.2, 0.25) is 0 Å². The normalized spacial score (nSPS) is 0. The maximum atomic E-state index is 0. The minimum absolute atomic E-state index is 0. The van der Waals surface area contributed by atoms with Crippen molar-refractivity contribution >= 4 is 17.4 Å². The van der Waals surface area contributed by atoms with Gasteiger partial charge < -0.3 is 16.4 Å². The van der Waals surface area contributed by atoms with E-state index in [1.807, 2.05) is 0 Å². The zero-order chi connectivity index (χ0) is 0. The second-order valence-corrected chi connectivity index (χ2v) is 0. The molecule has 6 heteroatoms. The fourth-order valence-electron chi connectivity index (χ4n) is 0. The van der Waals surface area contributed by atoms with Crippen molar-refractivity contribution in [2.75, 3.05) is 0 Å². The molecular formula is AlCrMnO3+2. The Morgan fingerprint density at radius 1 is 0.667 bits per heavy atom. The summed E-state index contributed by atoms with van der Waals surface area (Å²) in [5.41, 5.74) is 0. The molecule has 0 saturated carbocycles.